The normalized spacial score (nSPS) is 11.9. The minimum atomic E-state index is 0.999. The fourth-order valence-corrected chi connectivity index (χ4v) is 2.71. The molecule has 1 N–H and O–H groups in total. The van der Waals surface area contributed by atoms with Crippen molar-refractivity contribution in [3.8, 4) is 0 Å². The molecule has 0 fully saturated rings. The maximum absolute atomic E-state index is 7.37. The van der Waals surface area contributed by atoms with Crippen molar-refractivity contribution in [1.29, 1.82) is 5.41 Å². The Hall–Kier alpha value is 0.150. The zero-order valence-corrected chi connectivity index (χ0v) is 12.5. The van der Waals surface area contributed by atoms with E-state index in [0.29, 0.717) is 0 Å². The summed E-state index contributed by atoms with van der Waals surface area (Å²) in [6, 6.07) is 2.04. The van der Waals surface area contributed by atoms with E-state index in [4.69, 9.17) is 5.41 Å². The number of allylic oxidation sites excluding steroid dienone is 2. The predicted molar refractivity (Wildman–Crippen MR) is 78.4 cm³/mol. The number of rotatable bonds is 3. The Balaban J connectivity index is 3.37. The summed E-state index contributed by atoms with van der Waals surface area (Å²) in [5.74, 6) is 0. The van der Waals surface area contributed by atoms with E-state index in [1.165, 1.54) is 11.8 Å². The van der Waals surface area contributed by atoms with Crippen LogP contribution in [0.15, 0.2) is 12.1 Å². The van der Waals surface area contributed by atoms with Gasteiger partial charge in [0.05, 0.1) is 32.3 Å². The molecule has 0 unspecified atom stereocenters. The number of nitrogens with one attached hydrogen (secondary N) is 1. The lowest BCUT2D eigenvalue weighted by molar-refractivity contribution is 1.17. The van der Waals surface area contributed by atoms with Gasteiger partial charge in [-0.1, -0.05) is 13.0 Å². The zero-order chi connectivity index (χ0) is 10.7. The summed E-state index contributed by atoms with van der Waals surface area (Å²) in [5.41, 5.74) is 3.45. The summed E-state index contributed by atoms with van der Waals surface area (Å²) in [5, 5.41) is 7.37. The van der Waals surface area contributed by atoms with Crippen LogP contribution in [0.1, 0.15) is 31.5 Å². The van der Waals surface area contributed by atoms with Gasteiger partial charge in [0.2, 0.25) is 0 Å². The Bertz CT molecular complexity index is 378. The molecule has 0 saturated carbocycles. The Morgan fingerprint density at radius 3 is 2.71 bits per heavy atom. The topological polar surface area (TPSA) is 28.8 Å². The molecule has 14 heavy (non-hydrogen) atoms. The van der Waals surface area contributed by atoms with Gasteiger partial charge < -0.3 is 5.41 Å². The van der Waals surface area contributed by atoms with Crippen molar-refractivity contribution in [2.24, 2.45) is 0 Å². The van der Waals surface area contributed by atoms with Crippen molar-refractivity contribution in [3.05, 3.63) is 27.1 Å². The maximum atomic E-state index is 7.37. The summed E-state index contributed by atoms with van der Waals surface area (Å²) < 4.78 is 3.27. The molecular formula is C10H12I2N2. The van der Waals surface area contributed by atoms with E-state index in [9.17, 15) is 0 Å². The first-order valence-electron chi connectivity index (χ1n) is 4.39. The van der Waals surface area contributed by atoms with Crippen LogP contribution in [0.3, 0.4) is 0 Å². The Labute approximate surface area is 112 Å². The second kappa shape index (κ2) is 5.29. The summed E-state index contributed by atoms with van der Waals surface area (Å²) in [6.45, 7) is 4.18. The molecule has 0 amide bonds. The molecule has 0 saturated heterocycles. The Kier molecular flexibility index (Phi) is 4.62. The first-order valence-corrected chi connectivity index (χ1v) is 6.43. The van der Waals surface area contributed by atoms with Gasteiger partial charge in [-0.25, -0.2) is 0 Å². The highest BCUT2D eigenvalue weighted by atomic mass is 127. The fourth-order valence-electron chi connectivity index (χ4n) is 1.40. The molecule has 0 aliphatic heterocycles. The molecule has 0 aromatic carbocycles. The molecule has 0 aliphatic carbocycles. The largest absolute Gasteiger partial charge is 0.308 e. The van der Waals surface area contributed by atoms with Gasteiger partial charge in [0.15, 0.2) is 0 Å². The second-order valence-electron chi connectivity index (χ2n) is 2.86. The van der Waals surface area contributed by atoms with Gasteiger partial charge >= 0.3 is 0 Å². The SMILES string of the molecule is C/C=C(/CC)c1c(C=N)cc(I)n1I. The lowest BCUT2D eigenvalue weighted by Crippen LogP contribution is -1.94. The van der Waals surface area contributed by atoms with Crippen LogP contribution >= 0.6 is 45.5 Å². The first-order chi connectivity index (χ1) is 6.65. The van der Waals surface area contributed by atoms with Crippen molar-refractivity contribution in [1.82, 2.24) is 2.78 Å². The molecule has 1 aromatic heterocycles. The van der Waals surface area contributed by atoms with Crippen molar-refractivity contribution in [2.75, 3.05) is 0 Å². The average Bonchev–Trinajstić information content (AvgIpc) is 2.47. The van der Waals surface area contributed by atoms with E-state index >= 15 is 0 Å². The Morgan fingerprint density at radius 1 is 1.64 bits per heavy atom. The minimum Gasteiger partial charge on any atom is -0.308 e. The van der Waals surface area contributed by atoms with E-state index in [0.717, 1.165) is 21.4 Å². The van der Waals surface area contributed by atoms with E-state index in [1.54, 1.807) is 0 Å². The van der Waals surface area contributed by atoms with Gasteiger partial charge in [-0.2, -0.15) is 0 Å². The molecule has 0 radical (unpaired) electrons. The molecular weight excluding hydrogens is 402 g/mol. The number of aromatic nitrogens is 1. The minimum absolute atomic E-state index is 0.999. The molecule has 2 nitrogen and oxygen atoms in total. The van der Waals surface area contributed by atoms with E-state index in [1.807, 2.05) is 13.0 Å². The molecule has 4 heteroatoms. The van der Waals surface area contributed by atoms with Gasteiger partial charge in [0.1, 0.15) is 0 Å². The van der Waals surface area contributed by atoms with Crippen molar-refractivity contribution >= 4 is 57.2 Å². The van der Waals surface area contributed by atoms with Crippen molar-refractivity contribution < 1.29 is 0 Å². The maximum Gasteiger partial charge on any atom is 0.0902 e. The number of hydrogen-bond acceptors (Lipinski definition) is 1. The fraction of sp³-hybridized carbons (Fsp3) is 0.300. The number of hydrogen-bond donors (Lipinski definition) is 1. The summed E-state index contributed by atoms with van der Waals surface area (Å²) in [6.07, 6.45) is 4.54. The van der Waals surface area contributed by atoms with Gasteiger partial charge in [-0.3, -0.25) is 2.78 Å². The zero-order valence-electron chi connectivity index (χ0n) is 8.14. The molecule has 1 rings (SSSR count). The first kappa shape index (κ1) is 12.2. The molecule has 0 spiro atoms. The molecule has 0 bridgehead atoms. The molecule has 76 valence electrons. The average molecular weight is 414 g/mol. The van der Waals surface area contributed by atoms with Crippen molar-refractivity contribution in [2.45, 2.75) is 20.3 Å². The highest BCUT2D eigenvalue weighted by Crippen LogP contribution is 2.27. The summed E-state index contributed by atoms with van der Waals surface area (Å²) in [7, 11) is 0. The highest BCUT2D eigenvalue weighted by molar-refractivity contribution is 14.1. The quantitative estimate of drug-likeness (QED) is 0.571. The van der Waals surface area contributed by atoms with Gasteiger partial charge in [-0.15, -0.1) is 0 Å². The smallest absolute Gasteiger partial charge is 0.0902 e. The molecule has 1 aromatic rings. The van der Waals surface area contributed by atoms with Crippen molar-refractivity contribution in [3.63, 3.8) is 0 Å². The van der Waals surface area contributed by atoms with Gasteiger partial charge in [-0.05, 0) is 47.6 Å². The van der Waals surface area contributed by atoms with E-state index in [2.05, 4.69) is 61.2 Å². The third-order valence-electron chi connectivity index (χ3n) is 2.12. The second-order valence-corrected chi connectivity index (χ2v) is 4.93. The van der Waals surface area contributed by atoms with Gasteiger partial charge in [0.25, 0.3) is 0 Å². The van der Waals surface area contributed by atoms with E-state index in [-0.39, 0.29) is 0 Å². The van der Waals surface area contributed by atoms with Crippen LogP contribution in [0.5, 0.6) is 0 Å². The van der Waals surface area contributed by atoms with Crippen LogP contribution in [0.4, 0.5) is 0 Å². The van der Waals surface area contributed by atoms with Crippen LogP contribution < -0.4 is 0 Å². The van der Waals surface area contributed by atoms with Crippen LogP contribution in [-0.2, 0) is 0 Å². The third-order valence-corrected chi connectivity index (χ3v) is 4.84. The van der Waals surface area contributed by atoms with Crippen LogP contribution in [0.25, 0.3) is 5.57 Å². The van der Waals surface area contributed by atoms with Gasteiger partial charge in [0, 0.05) is 11.8 Å². The van der Waals surface area contributed by atoms with E-state index < -0.39 is 0 Å². The summed E-state index contributed by atoms with van der Waals surface area (Å²) >= 11 is 4.56. The number of halogens is 2. The third kappa shape index (κ3) is 2.21. The lowest BCUT2D eigenvalue weighted by atomic mass is 10.1. The molecule has 0 atom stereocenters. The standard InChI is InChI=1S/C10H12I2N2/c1-3-7(4-2)10-8(6-13)5-9(11)14(10)12/h3,5-6,13H,4H2,1-2H3/b7-3-,13-6?. The Morgan fingerprint density at radius 2 is 2.29 bits per heavy atom. The lowest BCUT2D eigenvalue weighted by Gasteiger charge is -2.06. The monoisotopic (exact) mass is 414 g/mol. The van der Waals surface area contributed by atoms with Crippen LogP contribution in [-0.4, -0.2) is 9.00 Å². The summed E-state index contributed by atoms with van der Waals surface area (Å²) in [4.78, 5) is 0. The highest BCUT2D eigenvalue weighted by Gasteiger charge is 2.12. The van der Waals surface area contributed by atoms with Crippen LogP contribution in [0.2, 0.25) is 0 Å². The van der Waals surface area contributed by atoms with Crippen LogP contribution in [0, 0.1) is 9.11 Å². The molecule has 1 heterocycles. The molecule has 0 aliphatic rings. The predicted octanol–water partition coefficient (Wildman–Crippen LogP) is 4.10. The number of nitrogens with zero attached hydrogens (tertiary/aromatic N) is 1.